The standard InChI is InChI=1S/C5H3BrCl2S/c6-2-4-3(7)1-5(8)9-4/h1H,2H2. The van der Waals surface area contributed by atoms with Crippen molar-refractivity contribution in [2.24, 2.45) is 0 Å². The van der Waals surface area contributed by atoms with Crippen molar-refractivity contribution in [3.63, 3.8) is 0 Å². The van der Waals surface area contributed by atoms with Gasteiger partial charge in [-0.25, -0.2) is 0 Å². The molecule has 1 aromatic rings. The van der Waals surface area contributed by atoms with Crippen molar-refractivity contribution in [3.8, 4) is 0 Å². The molecule has 0 amide bonds. The lowest BCUT2D eigenvalue weighted by Crippen LogP contribution is -1.63. The summed E-state index contributed by atoms with van der Waals surface area (Å²) >= 11 is 16.2. The third kappa shape index (κ3) is 1.84. The zero-order valence-corrected chi connectivity index (χ0v) is 8.24. The van der Waals surface area contributed by atoms with Gasteiger partial charge in [0.15, 0.2) is 0 Å². The third-order valence-electron chi connectivity index (χ3n) is 0.849. The normalized spacial score (nSPS) is 10.1. The summed E-state index contributed by atoms with van der Waals surface area (Å²) in [4.78, 5) is 1.08. The van der Waals surface area contributed by atoms with Crippen LogP contribution in [0, 0.1) is 0 Å². The minimum atomic E-state index is 0.745. The Balaban J connectivity index is 3.01. The molecule has 4 heteroatoms. The van der Waals surface area contributed by atoms with Crippen molar-refractivity contribution in [1.29, 1.82) is 0 Å². The summed E-state index contributed by atoms with van der Waals surface area (Å²) in [6.45, 7) is 0. The first-order valence-corrected chi connectivity index (χ1v) is 4.93. The molecule has 0 saturated heterocycles. The van der Waals surface area contributed by atoms with E-state index in [0.29, 0.717) is 0 Å². The molecule has 9 heavy (non-hydrogen) atoms. The smallest absolute Gasteiger partial charge is 0.0946 e. The summed E-state index contributed by atoms with van der Waals surface area (Å²) in [5.41, 5.74) is 0. The minimum Gasteiger partial charge on any atom is -0.126 e. The summed E-state index contributed by atoms with van der Waals surface area (Å²) in [5, 5.41) is 1.53. The van der Waals surface area contributed by atoms with Gasteiger partial charge in [-0.1, -0.05) is 39.1 Å². The van der Waals surface area contributed by atoms with E-state index < -0.39 is 0 Å². The summed E-state index contributed by atoms with van der Waals surface area (Å²) in [5.74, 6) is 0. The van der Waals surface area contributed by atoms with E-state index in [4.69, 9.17) is 23.2 Å². The summed E-state index contributed by atoms with van der Waals surface area (Å²) in [7, 11) is 0. The van der Waals surface area contributed by atoms with Crippen LogP contribution >= 0.6 is 50.5 Å². The molecule has 1 aromatic heterocycles. The van der Waals surface area contributed by atoms with Crippen LogP contribution in [0.25, 0.3) is 0 Å². The van der Waals surface area contributed by atoms with E-state index in [0.717, 1.165) is 19.6 Å². The van der Waals surface area contributed by atoms with Crippen molar-refractivity contribution in [2.75, 3.05) is 0 Å². The maximum absolute atomic E-state index is 5.74. The number of hydrogen-bond acceptors (Lipinski definition) is 1. The maximum Gasteiger partial charge on any atom is 0.0946 e. The molecule has 0 aliphatic heterocycles. The fourth-order valence-electron chi connectivity index (χ4n) is 0.467. The molecular weight excluding hydrogens is 243 g/mol. The van der Waals surface area contributed by atoms with Crippen molar-refractivity contribution in [2.45, 2.75) is 5.33 Å². The lowest BCUT2D eigenvalue weighted by Gasteiger charge is -1.83. The van der Waals surface area contributed by atoms with Crippen molar-refractivity contribution < 1.29 is 0 Å². The predicted molar refractivity (Wildman–Crippen MR) is 47.0 cm³/mol. The van der Waals surface area contributed by atoms with E-state index in [1.165, 1.54) is 11.3 Å². The molecule has 0 atom stereocenters. The largest absolute Gasteiger partial charge is 0.126 e. The Hall–Kier alpha value is 0.760. The SMILES string of the molecule is Clc1cc(Cl)c(CBr)s1. The van der Waals surface area contributed by atoms with E-state index in [2.05, 4.69) is 15.9 Å². The molecule has 0 aliphatic rings. The van der Waals surface area contributed by atoms with Gasteiger partial charge in [-0.3, -0.25) is 0 Å². The van der Waals surface area contributed by atoms with E-state index >= 15 is 0 Å². The van der Waals surface area contributed by atoms with Crippen LogP contribution in [0.2, 0.25) is 9.36 Å². The zero-order valence-electron chi connectivity index (χ0n) is 4.33. The summed E-state index contributed by atoms with van der Waals surface area (Å²) < 4.78 is 0.745. The van der Waals surface area contributed by atoms with E-state index in [1.807, 2.05) is 0 Å². The van der Waals surface area contributed by atoms with Crippen molar-refractivity contribution in [3.05, 3.63) is 20.3 Å². The maximum atomic E-state index is 5.74. The van der Waals surface area contributed by atoms with Gasteiger partial charge in [-0.15, -0.1) is 11.3 Å². The number of halogens is 3. The Morgan fingerprint density at radius 2 is 2.22 bits per heavy atom. The monoisotopic (exact) mass is 244 g/mol. The average molecular weight is 246 g/mol. The van der Waals surface area contributed by atoms with Gasteiger partial charge in [0.2, 0.25) is 0 Å². The molecule has 0 radical (unpaired) electrons. The molecule has 50 valence electrons. The Labute approximate surface area is 75.9 Å². The van der Waals surface area contributed by atoms with Gasteiger partial charge in [0, 0.05) is 10.2 Å². The second-order valence-electron chi connectivity index (χ2n) is 1.46. The Kier molecular flexibility index (Phi) is 2.83. The Morgan fingerprint density at radius 1 is 1.56 bits per heavy atom. The van der Waals surface area contributed by atoms with Crippen LogP contribution in [0.1, 0.15) is 4.88 Å². The second kappa shape index (κ2) is 3.24. The zero-order chi connectivity index (χ0) is 6.85. The van der Waals surface area contributed by atoms with Crippen LogP contribution in [0.15, 0.2) is 6.07 Å². The highest BCUT2D eigenvalue weighted by Gasteiger charge is 2.02. The fourth-order valence-corrected chi connectivity index (χ4v) is 2.70. The minimum absolute atomic E-state index is 0.745. The van der Waals surface area contributed by atoms with Gasteiger partial charge in [-0.05, 0) is 6.07 Å². The fraction of sp³-hybridized carbons (Fsp3) is 0.200. The van der Waals surface area contributed by atoms with Gasteiger partial charge < -0.3 is 0 Å². The lowest BCUT2D eigenvalue weighted by atomic mass is 10.5. The lowest BCUT2D eigenvalue weighted by molar-refractivity contribution is 1.58. The van der Waals surface area contributed by atoms with Gasteiger partial charge >= 0.3 is 0 Å². The van der Waals surface area contributed by atoms with Crippen LogP contribution in [-0.2, 0) is 5.33 Å². The van der Waals surface area contributed by atoms with Gasteiger partial charge in [0.25, 0.3) is 0 Å². The molecule has 1 rings (SSSR count). The van der Waals surface area contributed by atoms with Crippen molar-refractivity contribution in [1.82, 2.24) is 0 Å². The van der Waals surface area contributed by atoms with Crippen LogP contribution in [0.4, 0.5) is 0 Å². The number of alkyl halides is 1. The highest BCUT2D eigenvalue weighted by Crippen LogP contribution is 2.31. The van der Waals surface area contributed by atoms with Gasteiger partial charge in [0.1, 0.15) is 0 Å². The highest BCUT2D eigenvalue weighted by atomic mass is 79.9. The molecule has 0 fully saturated rings. The van der Waals surface area contributed by atoms with E-state index in [-0.39, 0.29) is 0 Å². The molecule has 0 aromatic carbocycles. The molecule has 0 nitrogen and oxygen atoms in total. The van der Waals surface area contributed by atoms with Gasteiger partial charge in [0.05, 0.1) is 9.36 Å². The average Bonchev–Trinajstić information content (AvgIpc) is 2.10. The first-order chi connectivity index (χ1) is 4.24. The predicted octanol–water partition coefficient (Wildman–Crippen LogP) is 3.95. The molecule has 0 saturated carbocycles. The molecule has 1 heterocycles. The molecular formula is C5H3BrCl2S. The summed E-state index contributed by atoms with van der Waals surface area (Å²) in [6, 6.07) is 1.75. The van der Waals surface area contributed by atoms with E-state index in [1.54, 1.807) is 6.07 Å². The van der Waals surface area contributed by atoms with Crippen LogP contribution in [0.3, 0.4) is 0 Å². The number of thiophene rings is 1. The molecule has 0 N–H and O–H groups in total. The molecule has 0 aliphatic carbocycles. The molecule has 0 unspecified atom stereocenters. The first kappa shape index (κ1) is 7.86. The van der Waals surface area contributed by atoms with Crippen molar-refractivity contribution >= 4 is 50.5 Å². The third-order valence-corrected chi connectivity index (χ3v) is 3.49. The topological polar surface area (TPSA) is 0 Å². The van der Waals surface area contributed by atoms with Gasteiger partial charge in [-0.2, -0.15) is 0 Å². The van der Waals surface area contributed by atoms with Crippen LogP contribution in [0.5, 0.6) is 0 Å². The Bertz CT molecular complexity index is 209. The highest BCUT2D eigenvalue weighted by molar-refractivity contribution is 9.08. The Morgan fingerprint density at radius 3 is 2.44 bits per heavy atom. The number of hydrogen-bond donors (Lipinski definition) is 0. The molecule has 0 bridgehead atoms. The van der Waals surface area contributed by atoms with Crippen LogP contribution in [-0.4, -0.2) is 0 Å². The van der Waals surface area contributed by atoms with Crippen LogP contribution < -0.4 is 0 Å². The van der Waals surface area contributed by atoms with E-state index in [9.17, 15) is 0 Å². The first-order valence-electron chi connectivity index (χ1n) is 2.23. The number of rotatable bonds is 1. The summed E-state index contributed by atoms with van der Waals surface area (Å²) in [6.07, 6.45) is 0. The molecule has 0 spiro atoms. The second-order valence-corrected chi connectivity index (χ2v) is 4.19. The quantitative estimate of drug-likeness (QED) is 0.658.